The Labute approximate surface area is 105 Å². The Kier molecular flexibility index (Phi) is 3.42. The maximum atomic E-state index is 5.55. The summed E-state index contributed by atoms with van der Waals surface area (Å²) < 4.78 is 5.55. The molecule has 0 saturated carbocycles. The van der Waals surface area contributed by atoms with Crippen LogP contribution in [0, 0.1) is 5.92 Å². The van der Waals surface area contributed by atoms with Gasteiger partial charge in [0.25, 0.3) is 0 Å². The van der Waals surface area contributed by atoms with E-state index in [1.54, 1.807) is 0 Å². The van der Waals surface area contributed by atoms with E-state index in [0.717, 1.165) is 31.2 Å². The lowest BCUT2D eigenvalue weighted by atomic mass is 9.95. The normalized spacial score (nSPS) is 41.6. The summed E-state index contributed by atoms with van der Waals surface area (Å²) in [6.45, 7) is 10.7. The summed E-state index contributed by atoms with van der Waals surface area (Å²) in [4.78, 5) is 5.46. The summed E-state index contributed by atoms with van der Waals surface area (Å²) in [6, 6.07) is 2.27. The minimum Gasteiger partial charge on any atom is -0.381 e. The summed E-state index contributed by atoms with van der Waals surface area (Å²) in [6.07, 6.45) is 4.09. The minimum atomic E-state index is 0.704. The number of nitrogens with zero attached hydrogens (tertiary/aromatic N) is 2. The number of fused-ring (bicyclic) bond motifs is 1. The van der Waals surface area contributed by atoms with Crippen LogP contribution in [0.2, 0.25) is 0 Å². The van der Waals surface area contributed by atoms with E-state index >= 15 is 0 Å². The molecule has 3 nitrogen and oxygen atoms in total. The molecule has 3 aliphatic rings. The summed E-state index contributed by atoms with van der Waals surface area (Å²) in [5, 5.41) is 0. The van der Waals surface area contributed by atoms with Crippen molar-refractivity contribution >= 4 is 0 Å². The van der Waals surface area contributed by atoms with Crippen molar-refractivity contribution in [3.05, 3.63) is 0 Å². The first-order valence-corrected chi connectivity index (χ1v) is 7.33. The summed E-state index contributed by atoms with van der Waals surface area (Å²) in [5.74, 6) is 0.769. The monoisotopic (exact) mass is 238 g/mol. The first-order valence-electron chi connectivity index (χ1n) is 7.33. The molecule has 0 spiro atoms. The molecule has 98 valence electrons. The van der Waals surface area contributed by atoms with Gasteiger partial charge in [-0.3, -0.25) is 9.80 Å². The Hall–Kier alpha value is -0.120. The van der Waals surface area contributed by atoms with Crippen LogP contribution < -0.4 is 0 Å². The zero-order chi connectivity index (χ0) is 11.8. The molecule has 3 heterocycles. The number of hydrogen-bond acceptors (Lipinski definition) is 3. The Balaban J connectivity index is 1.65. The van der Waals surface area contributed by atoms with Crippen molar-refractivity contribution < 1.29 is 4.74 Å². The average molecular weight is 238 g/mol. The fourth-order valence-corrected chi connectivity index (χ4v) is 3.98. The highest BCUT2D eigenvalue weighted by Gasteiger charge is 2.38. The maximum Gasteiger partial charge on any atom is 0.0509 e. The van der Waals surface area contributed by atoms with Gasteiger partial charge in [0.15, 0.2) is 0 Å². The number of piperazine rings is 1. The molecule has 0 aromatic heterocycles. The van der Waals surface area contributed by atoms with Crippen LogP contribution in [0.4, 0.5) is 0 Å². The van der Waals surface area contributed by atoms with Gasteiger partial charge in [-0.25, -0.2) is 0 Å². The van der Waals surface area contributed by atoms with Crippen molar-refractivity contribution in [2.75, 3.05) is 32.8 Å². The van der Waals surface area contributed by atoms with E-state index in [-0.39, 0.29) is 0 Å². The third-order valence-corrected chi connectivity index (χ3v) is 5.16. The molecule has 3 heteroatoms. The highest BCUT2D eigenvalue weighted by Crippen LogP contribution is 2.29. The van der Waals surface area contributed by atoms with E-state index in [1.165, 1.54) is 38.9 Å². The molecule has 4 atom stereocenters. The van der Waals surface area contributed by atoms with Gasteiger partial charge in [-0.2, -0.15) is 0 Å². The van der Waals surface area contributed by atoms with Crippen LogP contribution in [0.3, 0.4) is 0 Å². The molecule has 4 unspecified atom stereocenters. The van der Waals surface area contributed by atoms with E-state index in [0.29, 0.717) is 6.04 Å². The largest absolute Gasteiger partial charge is 0.381 e. The topological polar surface area (TPSA) is 15.7 Å². The standard InChI is InChI=1S/C14H26N2O/c1-11-8-15-6-3-4-14(15)9-16(11)12(2)13-5-7-17-10-13/h11-14H,3-10H2,1-2H3. The molecule has 0 aromatic carbocycles. The molecular weight excluding hydrogens is 212 g/mol. The van der Waals surface area contributed by atoms with Crippen molar-refractivity contribution in [3.8, 4) is 0 Å². The van der Waals surface area contributed by atoms with E-state index in [4.69, 9.17) is 4.74 Å². The first-order chi connectivity index (χ1) is 8.25. The van der Waals surface area contributed by atoms with Crippen molar-refractivity contribution in [1.82, 2.24) is 9.80 Å². The molecule has 0 amide bonds. The van der Waals surface area contributed by atoms with Crippen LogP contribution in [-0.2, 0) is 4.74 Å². The Bertz CT molecular complexity index is 265. The lowest BCUT2D eigenvalue weighted by Crippen LogP contribution is -2.58. The summed E-state index contributed by atoms with van der Waals surface area (Å²) in [7, 11) is 0. The average Bonchev–Trinajstić information content (AvgIpc) is 2.97. The van der Waals surface area contributed by atoms with Crippen molar-refractivity contribution in [3.63, 3.8) is 0 Å². The van der Waals surface area contributed by atoms with Crippen LogP contribution in [0.1, 0.15) is 33.1 Å². The minimum absolute atomic E-state index is 0.704. The van der Waals surface area contributed by atoms with Gasteiger partial charge in [0.2, 0.25) is 0 Å². The van der Waals surface area contributed by atoms with Gasteiger partial charge in [0, 0.05) is 37.8 Å². The van der Waals surface area contributed by atoms with Gasteiger partial charge in [-0.1, -0.05) is 0 Å². The highest BCUT2D eigenvalue weighted by atomic mass is 16.5. The van der Waals surface area contributed by atoms with E-state index in [9.17, 15) is 0 Å². The lowest BCUT2D eigenvalue weighted by Gasteiger charge is -2.46. The van der Waals surface area contributed by atoms with Gasteiger partial charge >= 0.3 is 0 Å². The van der Waals surface area contributed by atoms with Crippen LogP contribution in [0.15, 0.2) is 0 Å². The fraction of sp³-hybridized carbons (Fsp3) is 1.00. The van der Waals surface area contributed by atoms with Crippen LogP contribution >= 0.6 is 0 Å². The third kappa shape index (κ3) is 2.25. The van der Waals surface area contributed by atoms with Crippen molar-refractivity contribution in [1.29, 1.82) is 0 Å². The molecule has 0 aromatic rings. The molecule has 0 aliphatic carbocycles. The molecule has 3 aliphatic heterocycles. The molecule has 0 radical (unpaired) electrons. The number of ether oxygens (including phenoxy) is 1. The second-order valence-electron chi connectivity index (χ2n) is 6.20. The molecule has 0 bridgehead atoms. The SMILES string of the molecule is CC1CN2CCCC2CN1C(C)C1CCOC1. The quantitative estimate of drug-likeness (QED) is 0.726. The smallest absolute Gasteiger partial charge is 0.0509 e. The van der Waals surface area contributed by atoms with E-state index in [1.807, 2.05) is 0 Å². The molecule has 17 heavy (non-hydrogen) atoms. The lowest BCUT2D eigenvalue weighted by molar-refractivity contribution is 0.0126. The maximum absolute atomic E-state index is 5.55. The van der Waals surface area contributed by atoms with E-state index < -0.39 is 0 Å². The summed E-state index contributed by atoms with van der Waals surface area (Å²) >= 11 is 0. The van der Waals surface area contributed by atoms with Gasteiger partial charge in [-0.15, -0.1) is 0 Å². The predicted octanol–water partition coefficient (Wildman–Crippen LogP) is 1.58. The van der Waals surface area contributed by atoms with Crippen molar-refractivity contribution in [2.45, 2.75) is 51.2 Å². The second-order valence-corrected chi connectivity index (χ2v) is 6.20. The Morgan fingerprint density at radius 1 is 1.24 bits per heavy atom. The fourth-order valence-electron chi connectivity index (χ4n) is 3.98. The second kappa shape index (κ2) is 4.87. The molecule has 0 N–H and O–H groups in total. The van der Waals surface area contributed by atoms with Crippen LogP contribution in [0.25, 0.3) is 0 Å². The number of hydrogen-bond donors (Lipinski definition) is 0. The predicted molar refractivity (Wildman–Crippen MR) is 69.2 cm³/mol. The van der Waals surface area contributed by atoms with Gasteiger partial charge in [0.1, 0.15) is 0 Å². The zero-order valence-corrected chi connectivity index (χ0v) is 11.3. The van der Waals surface area contributed by atoms with Gasteiger partial charge in [0.05, 0.1) is 6.61 Å². The summed E-state index contributed by atoms with van der Waals surface area (Å²) in [5.41, 5.74) is 0. The van der Waals surface area contributed by atoms with Crippen molar-refractivity contribution in [2.24, 2.45) is 5.92 Å². The molecular formula is C14H26N2O. The number of rotatable bonds is 2. The Morgan fingerprint density at radius 2 is 2.12 bits per heavy atom. The zero-order valence-electron chi connectivity index (χ0n) is 11.3. The molecule has 3 fully saturated rings. The third-order valence-electron chi connectivity index (χ3n) is 5.16. The van der Waals surface area contributed by atoms with Gasteiger partial charge in [-0.05, 0) is 45.6 Å². The van der Waals surface area contributed by atoms with Crippen LogP contribution in [0.5, 0.6) is 0 Å². The van der Waals surface area contributed by atoms with Gasteiger partial charge < -0.3 is 4.74 Å². The Morgan fingerprint density at radius 3 is 2.88 bits per heavy atom. The molecule has 3 rings (SSSR count). The highest BCUT2D eigenvalue weighted by molar-refractivity contribution is 4.94. The first kappa shape index (κ1) is 11.9. The van der Waals surface area contributed by atoms with E-state index in [2.05, 4.69) is 23.6 Å². The van der Waals surface area contributed by atoms with Crippen LogP contribution in [-0.4, -0.2) is 60.8 Å². The molecule has 3 saturated heterocycles.